The summed E-state index contributed by atoms with van der Waals surface area (Å²) in [5, 5.41) is 16.0. The molecule has 3 amide bonds. The summed E-state index contributed by atoms with van der Waals surface area (Å²) < 4.78 is 7.07. The molecule has 2 unspecified atom stereocenters. The van der Waals surface area contributed by atoms with Crippen LogP contribution < -0.4 is 26.0 Å². The van der Waals surface area contributed by atoms with E-state index in [1.54, 1.807) is 22.9 Å². The maximum Gasteiger partial charge on any atom is 0.324 e. The molecule has 0 spiro atoms. The van der Waals surface area contributed by atoms with Crippen LogP contribution in [0.5, 0.6) is 5.75 Å². The van der Waals surface area contributed by atoms with Crippen molar-refractivity contribution in [2.75, 3.05) is 17.2 Å². The summed E-state index contributed by atoms with van der Waals surface area (Å²) in [7, 11) is 0. The number of carbonyl (C=O) groups excluding carboxylic acids is 2. The molecule has 0 saturated carbocycles. The first-order valence-corrected chi connectivity index (χ1v) is 8.87. The number of nitrogens with one attached hydrogen (secondary N) is 4. The van der Waals surface area contributed by atoms with E-state index in [1.807, 2.05) is 32.9 Å². The molecule has 0 bridgehead atoms. The van der Waals surface area contributed by atoms with Gasteiger partial charge in [-0.15, -0.1) is 0 Å². The van der Waals surface area contributed by atoms with Gasteiger partial charge in [0, 0.05) is 18.5 Å². The van der Waals surface area contributed by atoms with E-state index in [-0.39, 0.29) is 11.9 Å². The third-order valence-electron chi connectivity index (χ3n) is 4.01. The van der Waals surface area contributed by atoms with Crippen molar-refractivity contribution in [1.82, 2.24) is 20.4 Å². The SMILES string of the molecule is CCOc1ccccc1NC(=O)Nc1cc(C)nn1C1NC(=O)CC(C)N1. The van der Waals surface area contributed by atoms with E-state index in [2.05, 4.69) is 26.4 Å². The Hall–Kier alpha value is -3.07. The summed E-state index contributed by atoms with van der Waals surface area (Å²) in [5.74, 6) is 0.987. The van der Waals surface area contributed by atoms with Gasteiger partial charge in [0.2, 0.25) is 5.91 Å². The monoisotopic (exact) mass is 372 g/mol. The molecule has 27 heavy (non-hydrogen) atoms. The van der Waals surface area contributed by atoms with Crippen LogP contribution >= 0.6 is 0 Å². The molecule has 2 aromatic rings. The number of para-hydroxylation sites is 2. The van der Waals surface area contributed by atoms with Crippen LogP contribution in [0.3, 0.4) is 0 Å². The van der Waals surface area contributed by atoms with Crippen molar-refractivity contribution < 1.29 is 14.3 Å². The van der Waals surface area contributed by atoms with Crippen molar-refractivity contribution >= 4 is 23.4 Å². The first-order chi connectivity index (χ1) is 13.0. The topological polar surface area (TPSA) is 109 Å². The van der Waals surface area contributed by atoms with Crippen LogP contribution in [-0.2, 0) is 4.79 Å². The molecule has 144 valence electrons. The molecule has 1 fully saturated rings. The van der Waals surface area contributed by atoms with Gasteiger partial charge in [-0.05, 0) is 32.9 Å². The number of amides is 3. The summed E-state index contributed by atoms with van der Waals surface area (Å²) in [4.78, 5) is 24.3. The van der Waals surface area contributed by atoms with Crippen molar-refractivity contribution in [3.05, 3.63) is 36.0 Å². The smallest absolute Gasteiger partial charge is 0.324 e. The van der Waals surface area contributed by atoms with Gasteiger partial charge in [-0.2, -0.15) is 5.10 Å². The van der Waals surface area contributed by atoms with Gasteiger partial charge in [-0.25, -0.2) is 9.48 Å². The molecule has 2 atom stereocenters. The van der Waals surface area contributed by atoms with E-state index in [9.17, 15) is 9.59 Å². The molecule has 1 aromatic heterocycles. The summed E-state index contributed by atoms with van der Waals surface area (Å²) in [5.41, 5.74) is 1.28. The third-order valence-corrected chi connectivity index (χ3v) is 4.01. The van der Waals surface area contributed by atoms with Crippen molar-refractivity contribution in [3.8, 4) is 5.75 Å². The van der Waals surface area contributed by atoms with Crippen LogP contribution in [0.2, 0.25) is 0 Å². The van der Waals surface area contributed by atoms with Crippen LogP contribution in [0.15, 0.2) is 30.3 Å². The summed E-state index contributed by atoms with van der Waals surface area (Å²) in [6, 6.07) is 8.52. The number of rotatable bonds is 5. The Bertz CT molecular complexity index is 834. The molecule has 1 aromatic carbocycles. The molecular formula is C18H24N6O3. The number of aromatic nitrogens is 2. The van der Waals surface area contributed by atoms with Crippen LogP contribution in [0.25, 0.3) is 0 Å². The van der Waals surface area contributed by atoms with Crippen molar-refractivity contribution in [3.63, 3.8) is 0 Å². The van der Waals surface area contributed by atoms with Crippen LogP contribution in [0.4, 0.5) is 16.3 Å². The highest BCUT2D eigenvalue weighted by atomic mass is 16.5. The Morgan fingerprint density at radius 3 is 2.89 bits per heavy atom. The largest absolute Gasteiger partial charge is 0.492 e. The Labute approximate surface area is 157 Å². The Morgan fingerprint density at radius 2 is 2.15 bits per heavy atom. The predicted molar refractivity (Wildman–Crippen MR) is 102 cm³/mol. The predicted octanol–water partition coefficient (Wildman–Crippen LogP) is 2.19. The minimum atomic E-state index is -0.527. The van der Waals surface area contributed by atoms with Gasteiger partial charge in [-0.3, -0.25) is 15.4 Å². The molecule has 1 aliphatic rings. The van der Waals surface area contributed by atoms with Gasteiger partial charge >= 0.3 is 6.03 Å². The first-order valence-electron chi connectivity index (χ1n) is 8.87. The number of hydrogen-bond donors (Lipinski definition) is 4. The zero-order chi connectivity index (χ0) is 19.4. The van der Waals surface area contributed by atoms with E-state index in [4.69, 9.17) is 4.74 Å². The standard InChI is InChI=1S/C18H24N6O3/c1-4-27-14-8-6-5-7-13(14)20-18(26)21-15-9-12(3)23-24(15)17-19-11(2)10-16(25)22-17/h5-9,11,17,19H,4,10H2,1-3H3,(H,22,25)(H2,20,21,26). The molecule has 9 heteroatoms. The number of aryl methyl sites for hydroxylation is 1. The van der Waals surface area contributed by atoms with E-state index in [0.717, 1.165) is 0 Å². The summed E-state index contributed by atoms with van der Waals surface area (Å²) in [6.45, 7) is 6.12. The number of ether oxygens (including phenoxy) is 1. The second-order valence-corrected chi connectivity index (χ2v) is 6.37. The van der Waals surface area contributed by atoms with Crippen LogP contribution in [0.1, 0.15) is 32.3 Å². The van der Waals surface area contributed by atoms with Gasteiger partial charge in [0.05, 0.1) is 18.0 Å². The first kappa shape index (κ1) is 18.7. The number of hydrogen-bond acceptors (Lipinski definition) is 5. The lowest BCUT2D eigenvalue weighted by Crippen LogP contribution is -2.52. The van der Waals surface area contributed by atoms with Gasteiger partial charge in [0.25, 0.3) is 0 Å². The highest BCUT2D eigenvalue weighted by Gasteiger charge is 2.26. The average Bonchev–Trinajstić information content (AvgIpc) is 2.96. The van der Waals surface area contributed by atoms with Crippen molar-refractivity contribution in [2.24, 2.45) is 0 Å². The number of anilines is 2. The lowest BCUT2D eigenvalue weighted by Gasteiger charge is -2.30. The van der Waals surface area contributed by atoms with E-state index >= 15 is 0 Å². The average molecular weight is 372 g/mol. The number of nitrogens with zero attached hydrogens (tertiary/aromatic N) is 2. The fourth-order valence-corrected chi connectivity index (χ4v) is 2.92. The fraction of sp³-hybridized carbons (Fsp3) is 0.389. The molecule has 3 rings (SSSR count). The molecule has 1 saturated heterocycles. The Balaban J connectivity index is 1.74. The Morgan fingerprint density at radius 1 is 1.37 bits per heavy atom. The maximum absolute atomic E-state index is 12.5. The minimum Gasteiger partial charge on any atom is -0.492 e. The van der Waals surface area contributed by atoms with E-state index in [0.29, 0.717) is 36.0 Å². The van der Waals surface area contributed by atoms with Gasteiger partial charge in [0.15, 0.2) is 6.29 Å². The summed E-state index contributed by atoms with van der Waals surface area (Å²) >= 11 is 0. The summed E-state index contributed by atoms with van der Waals surface area (Å²) in [6.07, 6.45) is -0.130. The highest BCUT2D eigenvalue weighted by molar-refractivity contribution is 6.00. The zero-order valence-electron chi connectivity index (χ0n) is 15.6. The fourth-order valence-electron chi connectivity index (χ4n) is 2.92. The van der Waals surface area contributed by atoms with Crippen LogP contribution in [-0.4, -0.2) is 34.4 Å². The second-order valence-electron chi connectivity index (χ2n) is 6.37. The van der Waals surface area contributed by atoms with Gasteiger partial charge in [-0.1, -0.05) is 12.1 Å². The van der Waals surface area contributed by atoms with Crippen molar-refractivity contribution in [2.45, 2.75) is 39.5 Å². The lowest BCUT2D eigenvalue weighted by atomic mass is 10.2. The lowest BCUT2D eigenvalue weighted by molar-refractivity contribution is -0.125. The van der Waals surface area contributed by atoms with Crippen LogP contribution in [0, 0.1) is 6.92 Å². The zero-order valence-corrected chi connectivity index (χ0v) is 15.6. The third kappa shape index (κ3) is 4.56. The molecular weight excluding hydrogens is 348 g/mol. The van der Waals surface area contributed by atoms with Gasteiger partial charge < -0.3 is 15.4 Å². The molecule has 4 N–H and O–H groups in total. The number of carbonyl (C=O) groups is 2. The van der Waals surface area contributed by atoms with E-state index < -0.39 is 12.3 Å². The quantitative estimate of drug-likeness (QED) is 0.643. The highest BCUT2D eigenvalue weighted by Crippen LogP contribution is 2.24. The number of benzene rings is 1. The molecule has 1 aliphatic heterocycles. The Kier molecular flexibility index (Phi) is 5.60. The normalized spacial score (nSPS) is 19.3. The molecule has 0 aliphatic carbocycles. The molecule has 0 radical (unpaired) electrons. The number of urea groups is 1. The second kappa shape index (κ2) is 8.09. The maximum atomic E-state index is 12.5. The van der Waals surface area contributed by atoms with Crippen molar-refractivity contribution in [1.29, 1.82) is 0 Å². The van der Waals surface area contributed by atoms with Gasteiger partial charge in [0.1, 0.15) is 11.6 Å². The van der Waals surface area contributed by atoms with E-state index in [1.165, 1.54) is 0 Å². The molecule has 2 heterocycles. The molecule has 9 nitrogen and oxygen atoms in total. The minimum absolute atomic E-state index is 0.00741.